The van der Waals surface area contributed by atoms with Crippen LogP contribution in [0.3, 0.4) is 0 Å². The molecule has 1 N–H and O–H groups in total. The number of para-hydroxylation sites is 1. The van der Waals surface area contributed by atoms with Crippen LogP contribution in [-0.2, 0) is 0 Å². The number of quaternary nitrogens is 1. The molecule has 0 aliphatic carbocycles. The van der Waals surface area contributed by atoms with Gasteiger partial charge in [0.05, 0.1) is 0 Å². The molecule has 0 fully saturated rings. The minimum Gasteiger partial charge on any atom is -0.264 e. The average molecular weight is 191 g/mol. The van der Waals surface area contributed by atoms with E-state index in [-0.39, 0.29) is 5.91 Å². The molecule has 1 aromatic rings. The van der Waals surface area contributed by atoms with Crippen molar-refractivity contribution in [1.82, 2.24) is 10.0 Å². The van der Waals surface area contributed by atoms with Gasteiger partial charge in [-0.05, 0) is 19.9 Å². The highest BCUT2D eigenvalue weighted by molar-refractivity contribution is 6.03. The van der Waals surface area contributed by atoms with Crippen LogP contribution in [0.1, 0.15) is 24.2 Å². The van der Waals surface area contributed by atoms with Crippen LogP contribution in [-0.4, -0.2) is 19.0 Å². The number of carbonyl (C=O) groups is 1. The van der Waals surface area contributed by atoms with Crippen molar-refractivity contribution in [2.75, 3.05) is 13.1 Å². The van der Waals surface area contributed by atoms with Crippen molar-refractivity contribution in [2.45, 2.75) is 13.8 Å². The van der Waals surface area contributed by atoms with Crippen molar-refractivity contribution in [1.29, 1.82) is 0 Å². The van der Waals surface area contributed by atoms with Gasteiger partial charge < -0.3 is 0 Å². The molecule has 0 unspecified atom stereocenters. The maximum absolute atomic E-state index is 11.7. The van der Waals surface area contributed by atoms with Gasteiger partial charge in [-0.1, -0.05) is 12.1 Å². The molecule has 3 heteroatoms. The fourth-order valence-electron chi connectivity index (χ4n) is 2.08. The van der Waals surface area contributed by atoms with Crippen LogP contribution < -0.4 is 10.0 Å². The van der Waals surface area contributed by atoms with Crippen molar-refractivity contribution in [2.24, 2.45) is 0 Å². The monoisotopic (exact) mass is 191 g/mol. The second-order valence-corrected chi connectivity index (χ2v) is 3.56. The highest BCUT2D eigenvalue weighted by atomic mass is 16.2. The third kappa shape index (κ3) is 1.06. The van der Waals surface area contributed by atoms with Crippen LogP contribution in [0.25, 0.3) is 0 Å². The number of rotatable bonds is 2. The molecule has 14 heavy (non-hydrogen) atoms. The van der Waals surface area contributed by atoms with E-state index in [4.69, 9.17) is 0 Å². The minimum absolute atomic E-state index is 0.0456. The first kappa shape index (κ1) is 9.21. The van der Waals surface area contributed by atoms with Crippen LogP contribution in [0.4, 0.5) is 5.69 Å². The Morgan fingerprint density at radius 1 is 1.21 bits per heavy atom. The molecule has 1 aliphatic heterocycles. The van der Waals surface area contributed by atoms with Crippen molar-refractivity contribution in [3.05, 3.63) is 29.8 Å². The van der Waals surface area contributed by atoms with Gasteiger partial charge in [-0.3, -0.25) is 4.79 Å². The highest BCUT2D eigenvalue weighted by Gasteiger charge is 2.40. The van der Waals surface area contributed by atoms with Crippen molar-refractivity contribution in [3.63, 3.8) is 0 Å². The Kier molecular flexibility index (Phi) is 2.04. The smallest absolute Gasteiger partial charge is 0.264 e. The molecular formula is C11H15N2O+. The van der Waals surface area contributed by atoms with E-state index in [1.54, 1.807) is 0 Å². The molecule has 0 saturated heterocycles. The fraction of sp³-hybridized carbons (Fsp3) is 0.364. The summed E-state index contributed by atoms with van der Waals surface area (Å²) in [4.78, 5) is 11.7. The Labute approximate surface area is 83.9 Å². The Morgan fingerprint density at radius 3 is 2.50 bits per heavy atom. The summed E-state index contributed by atoms with van der Waals surface area (Å²) in [5.41, 5.74) is 4.95. The van der Waals surface area contributed by atoms with Gasteiger partial charge in [0.15, 0.2) is 5.69 Å². The van der Waals surface area contributed by atoms with Gasteiger partial charge in [0, 0.05) is 6.07 Å². The molecule has 0 aromatic heterocycles. The summed E-state index contributed by atoms with van der Waals surface area (Å²) >= 11 is 0. The summed E-state index contributed by atoms with van der Waals surface area (Å²) in [5, 5.41) is 0. The Hall–Kier alpha value is -1.35. The first-order valence-corrected chi connectivity index (χ1v) is 5.03. The molecule has 0 spiro atoms. The molecule has 1 aromatic carbocycles. The molecular weight excluding hydrogens is 176 g/mol. The SMILES string of the molecule is CC[N+]1(CC)NC(=O)c2ccccc21. The Morgan fingerprint density at radius 2 is 1.86 bits per heavy atom. The molecule has 0 radical (unpaired) electrons. The van der Waals surface area contributed by atoms with Gasteiger partial charge in [0.25, 0.3) is 0 Å². The predicted molar refractivity (Wildman–Crippen MR) is 56.8 cm³/mol. The van der Waals surface area contributed by atoms with E-state index in [9.17, 15) is 4.79 Å². The van der Waals surface area contributed by atoms with Crippen LogP contribution in [0.2, 0.25) is 0 Å². The summed E-state index contributed by atoms with van der Waals surface area (Å²) in [6.07, 6.45) is 0. The van der Waals surface area contributed by atoms with Crippen LogP contribution in [0.15, 0.2) is 24.3 Å². The van der Waals surface area contributed by atoms with Gasteiger partial charge in [0.2, 0.25) is 0 Å². The second kappa shape index (κ2) is 3.10. The maximum Gasteiger partial charge on any atom is 0.302 e. The average Bonchev–Trinajstić information content (AvgIpc) is 2.53. The molecule has 0 bridgehead atoms. The molecule has 1 amide bonds. The number of benzene rings is 1. The molecule has 0 saturated carbocycles. The van der Waals surface area contributed by atoms with E-state index in [1.165, 1.54) is 0 Å². The fourth-order valence-corrected chi connectivity index (χ4v) is 2.08. The maximum atomic E-state index is 11.7. The van der Waals surface area contributed by atoms with E-state index in [1.807, 2.05) is 24.3 Å². The van der Waals surface area contributed by atoms with Gasteiger partial charge in [-0.15, -0.1) is 0 Å². The number of fused-ring (bicyclic) bond motifs is 1. The molecule has 74 valence electrons. The van der Waals surface area contributed by atoms with E-state index in [0.717, 1.165) is 24.3 Å². The van der Waals surface area contributed by atoms with Crippen molar-refractivity contribution in [3.8, 4) is 0 Å². The molecule has 2 rings (SSSR count). The van der Waals surface area contributed by atoms with Crippen molar-refractivity contribution < 1.29 is 4.79 Å². The van der Waals surface area contributed by atoms with Crippen LogP contribution in [0.5, 0.6) is 0 Å². The number of hydrogen-bond acceptors (Lipinski definition) is 1. The van der Waals surface area contributed by atoms with Crippen LogP contribution >= 0.6 is 0 Å². The summed E-state index contributed by atoms with van der Waals surface area (Å²) in [6.45, 7) is 5.95. The zero-order valence-electron chi connectivity index (χ0n) is 8.58. The van der Waals surface area contributed by atoms with E-state index >= 15 is 0 Å². The predicted octanol–water partition coefficient (Wildman–Crippen LogP) is 1.69. The van der Waals surface area contributed by atoms with E-state index < -0.39 is 0 Å². The van der Waals surface area contributed by atoms with Gasteiger partial charge >= 0.3 is 5.91 Å². The lowest BCUT2D eigenvalue weighted by Crippen LogP contribution is -2.57. The van der Waals surface area contributed by atoms with Crippen molar-refractivity contribution >= 4 is 11.6 Å². The van der Waals surface area contributed by atoms with E-state index in [0.29, 0.717) is 4.59 Å². The Bertz CT molecular complexity index is 369. The highest BCUT2D eigenvalue weighted by Crippen LogP contribution is 2.30. The number of hydrogen-bond donors (Lipinski definition) is 1. The first-order valence-electron chi connectivity index (χ1n) is 5.03. The summed E-state index contributed by atoms with van der Waals surface area (Å²) < 4.78 is 0.578. The summed E-state index contributed by atoms with van der Waals surface area (Å²) in [7, 11) is 0. The van der Waals surface area contributed by atoms with E-state index in [2.05, 4.69) is 19.3 Å². The first-order chi connectivity index (χ1) is 6.73. The third-order valence-corrected chi connectivity index (χ3v) is 3.01. The zero-order valence-corrected chi connectivity index (χ0v) is 8.58. The Balaban J connectivity index is 2.58. The largest absolute Gasteiger partial charge is 0.302 e. The topological polar surface area (TPSA) is 29.1 Å². The zero-order chi connectivity index (χ0) is 10.2. The number of carbonyl (C=O) groups excluding carboxylic acids is 1. The van der Waals surface area contributed by atoms with Gasteiger partial charge in [-0.2, -0.15) is 10.0 Å². The molecule has 3 nitrogen and oxygen atoms in total. The second-order valence-electron chi connectivity index (χ2n) is 3.56. The minimum atomic E-state index is 0.0456. The molecule has 1 aliphatic rings. The lowest BCUT2D eigenvalue weighted by atomic mass is 10.1. The number of nitrogens with one attached hydrogen (secondary N) is 1. The third-order valence-electron chi connectivity index (χ3n) is 3.01. The van der Waals surface area contributed by atoms with Gasteiger partial charge in [0.1, 0.15) is 18.7 Å². The van der Waals surface area contributed by atoms with Gasteiger partial charge in [-0.25, -0.2) is 0 Å². The lowest BCUT2D eigenvalue weighted by molar-refractivity contribution is 0.0866. The lowest BCUT2D eigenvalue weighted by Gasteiger charge is -2.29. The normalized spacial score (nSPS) is 17.7. The number of amides is 1. The standard InChI is InChI=1S/C11H14N2O/c1-3-13(4-2)10-8-6-5-7-9(10)11(14)12-13/h5-8H,3-4H2,1-2H3/p+1. The quantitative estimate of drug-likeness (QED) is 0.708. The van der Waals surface area contributed by atoms with Crippen LogP contribution in [0, 0.1) is 0 Å². The molecule has 0 atom stereocenters. The molecule has 1 heterocycles. The number of nitrogens with zero attached hydrogens (tertiary/aromatic N) is 1. The summed E-state index contributed by atoms with van der Waals surface area (Å²) in [6, 6.07) is 7.80. The summed E-state index contributed by atoms with van der Waals surface area (Å²) in [5.74, 6) is 0.0456.